The molecule has 0 radical (unpaired) electrons. The van der Waals surface area contributed by atoms with Crippen LogP contribution >= 0.6 is 11.3 Å². The van der Waals surface area contributed by atoms with Gasteiger partial charge in [0.2, 0.25) is 0 Å². The SMILES string of the molecule is CC(C)N[Si](C)(C)C1C(C)C(C)C2c3c(sc4ccccc34)C=CC21. The molecule has 5 atom stereocenters. The number of rotatable bonds is 3. The van der Waals surface area contributed by atoms with Gasteiger partial charge in [-0.25, -0.2) is 0 Å². The highest BCUT2D eigenvalue weighted by atomic mass is 32.1. The van der Waals surface area contributed by atoms with E-state index in [9.17, 15) is 0 Å². The summed E-state index contributed by atoms with van der Waals surface area (Å²) in [6.07, 6.45) is 5.02. The van der Waals surface area contributed by atoms with Crippen LogP contribution in [0.2, 0.25) is 18.6 Å². The van der Waals surface area contributed by atoms with Crippen molar-refractivity contribution >= 4 is 35.7 Å². The molecule has 0 spiro atoms. The number of allylic oxidation sites excluding steroid dienone is 1. The summed E-state index contributed by atoms with van der Waals surface area (Å²) in [5.74, 6) is 2.91. The van der Waals surface area contributed by atoms with Gasteiger partial charge in [-0.1, -0.05) is 65.1 Å². The third kappa shape index (κ3) is 2.67. The Morgan fingerprint density at radius 1 is 1.08 bits per heavy atom. The lowest BCUT2D eigenvalue weighted by Gasteiger charge is -2.39. The molecule has 2 aliphatic carbocycles. The molecule has 4 rings (SSSR count). The lowest BCUT2D eigenvalue weighted by Crippen LogP contribution is -2.54. The van der Waals surface area contributed by atoms with E-state index in [1.54, 1.807) is 5.56 Å². The number of benzene rings is 1. The molecule has 1 heterocycles. The first-order valence-corrected chi connectivity index (χ1v) is 13.7. The van der Waals surface area contributed by atoms with E-state index < -0.39 is 8.24 Å². The summed E-state index contributed by atoms with van der Waals surface area (Å²) in [4.78, 5) is 5.52. The number of nitrogens with one attached hydrogen (secondary N) is 1. The molecule has 1 N–H and O–H groups in total. The first kappa shape index (κ1) is 17.5. The molecule has 5 unspecified atom stereocenters. The largest absolute Gasteiger partial charge is 0.335 e. The summed E-state index contributed by atoms with van der Waals surface area (Å²) in [6, 6.07) is 9.61. The number of thiophene rings is 1. The van der Waals surface area contributed by atoms with E-state index in [-0.39, 0.29) is 0 Å². The molecule has 3 heteroatoms. The van der Waals surface area contributed by atoms with Crippen molar-refractivity contribution in [2.24, 2.45) is 17.8 Å². The normalized spacial score (nSPS) is 31.6. The maximum absolute atomic E-state index is 4.01. The molecule has 0 saturated heterocycles. The second-order valence-corrected chi connectivity index (χ2v) is 14.6. The van der Waals surface area contributed by atoms with Gasteiger partial charge in [0.1, 0.15) is 8.24 Å². The first-order chi connectivity index (χ1) is 11.8. The van der Waals surface area contributed by atoms with Crippen LogP contribution in [0.25, 0.3) is 16.2 Å². The predicted molar refractivity (Wildman–Crippen MR) is 115 cm³/mol. The Bertz CT molecular complexity index is 819. The molecule has 1 nitrogen and oxygen atoms in total. The summed E-state index contributed by atoms with van der Waals surface area (Å²) in [6.45, 7) is 14.7. The Hall–Kier alpha value is -0.903. The molecule has 2 aromatic rings. The van der Waals surface area contributed by atoms with E-state index in [2.05, 4.69) is 82.2 Å². The van der Waals surface area contributed by atoms with E-state index >= 15 is 0 Å². The number of hydrogen-bond acceptors (Lipinski definition) is 2. The summed E-state index contributed by atoms with van der Waals surface area (Å²) >= 11 is 1.98. The summed E-state index contributed by atoms with van der Waals surface area (Å²) in [7, 11) is -1.51. The highest BCUT2D eigenvalue weighted by molar-refractivity contribution is 7.20. The molecule has 1 saturated carbocycles. The van der Waals surface area contributed by atoms with Gasteiger partial charge in [-0.3, -0.25) is 0 Å². The van der Waals surface area contributed by atoms with Gasteiger partial charge in [0, 0.05) is 9.58 Å². The van der Waals surface area contributed by atoms with Crippen LogP contribution in [0.1, 0.15) is 44.1 Å². The zero-order valence-electron chi connectivity index (χ0n) is 16.3. The van der Waals surface area contributed by atoms with Crippen molar-refractivity contribution in [1.82, 2.24) is 4.98 Å². The fourth-order valence-corrected chi connectivity index (χ4v) is 11.8. The second kappa shape index (κ2) is 6.07. The monoisotopic (exact) mass is 369 g/mol. The van der Waals surface area contributed by atoms with Crippen LogP contribution in [0.5, 0.6) is 0 Å². The highest BCUT2D eigenvalue weighted by Gasteiger charge is 2.54. The lowest BCUT2D eigenvalue weighted by atomic mass is 9.79. The lowest BCUT2D eigenvalue weighted by molar-refractivity contribution is 0.416. The third-order valence-electron chi connectivity index (χ3n) is 6.75. The van der Waals surface area contributed by atoms with E-state index in [1.165, 1.54) is 15.0 Å². The molecular formula is C22H31NSSi. The minimum absolute atomic E-state index is 0.577. The van der Waals surface area contributed by atoms with Gasteiger partial charge >= 0.3 is 0 Å². The van der Waals surface area contributed by atoms with Gasteiger partial charge in [0.15, 0.2) is 0 Å². The average Bonchev–Trinajstić information content (AvgIpc) is 3.02. The fraction of sp³-hybridized carbons (Fsp3) is 0.545. The average molecular weight is 370 g/mol. The summed E-state index contributed by atoms with van der Waals surface area (Å²) < 4.78 is 1.46. The van der Waals surface area contributed by atoms with Crippen molar-refractivity contribution in [1.29, 1.82) is 0 Å². The maximum atomic E-state index is 4.01. The highest BCUT2D eigenvalue weighted by Crippen LogP contribution is 2.61. The molecule has 134 valence electrons. The van der Waals surface area contributed by atoms with Crippen LogP contribution in [0, 0.1) is 17.8 Å². The summed E-state index contributed by atoms with van der Waals surface area (Å²) in [5.41, 5.74) is 2.46. The minimum Gasteiger partial charge on any atom is -0.335 e. The third-order valence-corrected chi connectivity index (χ3v) is 11.8. The maximum Gasteiger partial charge on any atom is 0.123 e. The van der Waals surface area contributed by atoms with Gasteiger partial charge in [-0.15, -0.1) is 11.3 Å². The Labute approximate surface area is 157 Å². The smallest absolute Gasteiger partial charge is 0.123 e. The van der Waals surface area contributed by atoms with Gasteiger partial charge in [0.05, 0.1) is 0 Å². The molecule has 1 aromatic heterocycles. The van der Waals surface area contributed by atoms with Crippen molar-refractivity contribution in [3.05, 3.63) is 40.8 Å². The molecule has 0 aliphatic heterocycles. The van der Waals surface area contributed by atoms with Gasteiger partial charge < -0.3 is 4.98 Å². The molecule has 25 heavy (non-hydrogen) atoms. The molecule has 0 bridgehead atoms. The van der Waals surface area contributed by atoms with Crippen molar-refractivity contribution in [3.63, 3.8) is 0 Å². The van der Waals surface area contributed by atoms with Crippen LogP contribution < -0.4 is 4.98 Å². The van der Waals surface area contributed by atoms with Crippen LogP contribution in [0.4, 0.5) is 0 Å². The summed E-state index contributed by atoms with van der Waals surface area (Å²) in [5, 5.41) is 1.51. The molecule has 1 aromatic carbocycles. The van der Waals surface area contributed by atoms with E-state index in [0.717, 1.165) is 17.4 Å². The van der Waals surface area contributed by atoms with Crippen molar-refractivity contribution < 1.29 is 0 Å². The molecular weight excluding hydrogens is 338 g/mol. The van der Waals surface area contributed by atoms with Crippen molar-refractivity contribution in [2.45, 2.75) is 58.3 Å². The minimum atomic E-state index is -1.51. The van der Waals surface area contributed by atoms with Gasteiger partial charge in [-0.05, 0) is 58.3 Å². The Kier molecular flexibility index (Phi) is 4.25. The fourth-order valence-electron chi connectivity index (χ4n) is 6.00. The zero-order valence-corrected chi connectivity index (χ0v) is 18.2. The van der Waals surface area contributed by atoms with E-state index in [1.807, 2.05) is 11.3 Å². The standard InChI is InChI=1S/C22H31NSSi/c1-13(2)23-25(5,6)22-15(4)14(3)20-17(22)11-12-19-21(20)16-9-7-8-10-18(16)24-19/h7-15,17,20,22-23H,1-6H3. The second-order valence-electron chi connectivity index (χ2n) is 9.10. The van der Waals surface area contributed by atoms with Gasteiger partial charge in [0.25, 0.3) is 0 Å². The van der Waals surface area contributed by atoms with E-state index in [0.29, 0.717) is 17.9 Å². The Morgan fingerprint density at radius 2 is 1.80 bits per heavy atom. The van der Waals surface area contributed by atoms with Crippen LogP contribution in [-0.4, -0.2) is 14.3 Å². The predicted octanol–water partition coefficient (Wildman–Crippen LogP) is 6.49. The molecule has 0 amide bonds. The first-order valence-electron chi connectivity index (χ1n) is 9.78. The van der Waals surface area contributed by atoms with Crippen LogP contribution in [-0.2, 0) is 0 Å². The Balaban J connectivity index is 1.81. The van der Waals surface area contributed by atoms with Crippen LogP contribution in [0.3, 0.4) is 0 Å². The number of hydrogen-bond donors (Lipinski definition) is 1. The zero-order chi connectivity index (χ0) is 17.9. The van der Waals surface area contributed by atoms with Crippen molar-refractivity contribution in [2.75, 3.05) is 0 Å². The number of fused-ring (bicyclic) bond motifs is 5. The quantitative estimate of drug-likeness (QED) is 0.610. The van der Waals surface area contributed by atoms with Gasteiger partial charge in [-0.2, -0.15) is 0 Å². The molecule has 2 aliphatic rings. The van der Waals surface area contributed by atoms with E-state index in [4.69, 9.17) is 0 Å². The topological polar surface area (TPSA) is 12.0 Å². The Morgan fingerprint density at radius 3 is 2.52 bits per heavy atom. The van der Waals surface area contributed by atoms with Crippen molar-refractivity contribution in [3.8, 4) is 0 Å². The molecule has 1 fully saturated rings. The van der Waals surface area contributed by atoms with Crippen LogP contribution in [0.15, 0.2) is 30.3 Å².